The van der Waals surface area contributed by atoms with Gasteiger partial charge in [-0.05, 0) is 48.9 Å². The topological polar surface area (TPSA) is 46.5 Å². The van der Waals surface area contributed by atoms with Gasteiger partial charge >= 0.3 is 5.97 Å². The molecule has 0 radical (unpaired) electrons. The molecule has 0 aromatic rings. The Kier molecular flexibility index (Phi) is 5.05. The van der Waals surface area contributed by atoms with Gasteiger partial charge in [-0.15, -0.1) is 0 Å². The summed E-state index contributed by atoms with van der Waals surface area (Å²) in [5, 5.41) is 10.8. The van der Waals surface area contributed by atoms with Crippen LogP contribution in [0.2, 0.25) is 0 Å². The number of hydrogen-bond acceptors (Lipinski definition) is 3. The van der Waals surface area contributed by atoms with Crippen molar-refractivity contribution in [3.63, 3.8) is 0 Å². The fourth-order valence-electron chi connectivity index (χ4n) is 3.44. The van der Waals surface area contributed by atoms with E-state index >= 15 is 0 Å². The van der Waals surface area contributed by atoms with Crippen LogP contribution in [0.15, 0.2) is 0 Å². The van der Waals surface area contributed by atoms with Crippen molar-refractivity contribution >= 4 is 5.97 Å². The van der Waals surface area contributed by atoms with Crippen molar-refractivity contribution in [2.45, 2.75) is 65.9 Å². The molecule has 0 aromatic carbocycles. The first-order valence-corrected chi connectivity index (χ1v) is 7.44. The number of carbonyl (C=O) groups excluding carboxylic acids is 1. The Morgan fingerprint density at radius 2 is 1.53 bits per heavy atom. The van der Waals surface area contributed by atoms with E-state index in [1.54, 1.807) is 0 Å². The highest BCUT2D eigenvalue weighted by atomic mass is 16.5. The molecule has 19 heavy (non-hydrogen) atoms. The monoisotopic (exact) mass is 270 g/mol. The highest BCUT2D eigenvalue weighted by molar-refractivity contribution is 5.80. The van der Waals surface area contributed by atoms with Crippen molar-refractivity contribution in [2.75, 3.05) is 7.11 Å². The Hall–Kier alpha value is -0.570. The molecular weight excluding hydrogens is 240 g/mol. The first-order chi connectivity index (χ1) is 8.64. The van der Waals surface area contributed by atoms with Crippen molar-refractivity contribution in [1.82, 2.24) is 0 Å². The van der Waals surface area contributed by atoms with Crippen molar-refractivity contribution in [2.24, 2.45) is 23.2 Å². The maximum absolute atomic E-state index is 12.0. The molecule has 3 nitrogen and oxygen atoms in total. The van der Waals surface area contributed by atoms with Crippen LogP contribution in [0.1, 0.15) is 60.3 Å². The molecule has 1 aliphatic carbocycles. The number of aliphatic hydroxyl groups is 1. The second-order valence-electron chi connectivity index (χ2n) is 7.39. The van der Waals surface area contributed by atoms with Gasteiger partial charge in [0.15, 0.2) is 5.60 Å². The average Bonchev–Trinajstić information content (AvgIpc) is 2.35. The van der Waals surface area contributed by atoms with Crippen LogP contribution in [-0.2, 0) is 9.53 Å². The minimum absolute atomic E-state index is 0.0264. The van der Waals surface area contributed by atoms with Crippen molar-refractivity contribution in [1.29, 1.82) is 0 Å². The maximum atomic E-state index is 12.0. The largest absolute Gasteiger partial charge is 0.467 e. The molecule has 112 valence electrons. The molecule has 0 bridgehead atoms. The van der Waals surface area contributed by atoms with Crippen LogP contribution in [0.25, 0.3) is 0 Å². The van der Waals surface area contributed by atoms with Crippen LogP contribution < -0.4 is 0 Å². The summed E-state index contributed by atoms with van der Waals surface area (Å²) in [5.41, 5.74) is -1.01. The number of ether oxygens (including phenoxy) is 1. The van der Waals surface area contributed by atoms with E-state index in [1.807, 2.05) is 13.8 Å². The summed E-state index contributed by atoms with van der Waals surface area (Å²) in [6.07, 6.45) is 3.98. The van der Waals surface area contributed by atoms with Crippen LogP contribution >= 0.6 is 0 Å². The van der Waals surface area contributed by atoms with E-state index < -0.39 is 11.6 Å². The van der Waals surface area contributed by atoms with Crippen LogP contribution in [0.3, 0.4) is 0 Å². The molecule has 1 rings (SSSR count). The summed E-state index contributed by atoms with van der Waals surface area (Å²) < 4.78 is 4.84. The second kappa shape index (κ2) is 5.82. The normalized spacial score (nSPS) is 28.0. The lowest BCUT2D eigenvalue weighted by molar-refractivity contribution is -0.178. The first-order valence-electron chi connectivity index (χ1n) is 7.44. The van der Waals surface area contributed by atoms with E-state index in [0.29, 0.717) is 11.3 Å². The molecule has 0 aliphatic heterocycles. The van der Waals surface area contributed by atoms with Gasteiger partial charge in [0, 0.05) is 0 Å². The zero-order chi connectivity index (χ0) is 14.8. The second-order valence-corrected chi connectivity index (χ2v) is 7.39. The molecule has 3 heteroatoms. The summed E-state index contributed by atoms with van der Waals surface area (Å²) >= 11 is 0. The predicted molar refractivity (Wildman–Crippen MR) is 76.7 cm³/mol. The fourth-order valence-corrected chi connectivity index (χ4v) is 3.44. The Balaban J connectivity index is 2.79. The van der Waals surface area contributed by atoms with Crippen molar-refractivity contribution in [3.8, 4) is 0 Å². The number of esters is 1. The third-order valence-electron chi connectivity index (χ3n) is 4.97. The van der Waals surface area contributed by atoms with Gasteiger partial charge in [-0.3, -0.25) is 0 Å². The van der Waals surface area contributed by atoms with Gasteiger partial charge in [-0.25, -0.2) is 4.79 Å². The Bertz CT molecular complexity index is 308. The molecule has 1 aliphatic rings. The zero-order valence-electron chi connectivity index (χ0n) is 13.3. The molecular formula is C16H30O3. The standard InChI is InChI=1S/C16H30O3/c1-11(2)16(18,14(17)19-6)13-9-7-12(8-10-13)15(3,4)5/h11-13,18H,7-10H2,1-6H3. The van der Waals surface area contributed by atoms with Crippen molar-refractivity contribution in [3.05, 3.63) is 0 Å². The summed E-state index contributed by atoms with van der Waals surface area (Å²) in [6, 6.07) is 0. The van der Waals surface area contributed by atoms with Crippen molar-refractivity contribution < 1.29 is 14.6 Å². The third kappa shape index (κ3) is 3.31. The zero-order valence-corrected chi connectivity index (χ0v) is 13.3. The molecule has 1 saturated carbocycles. The smallest absolute Gasteiger partial charge is 0.338 e. The minimum Gasteiger partial charge on any atom is -0.467 e. The van der Waals surface area contributed by atoms with Gasteiger partial charge in [-0.1, -0.05) is 34.6 Å². The minimum atomic E-state index is -1.32. The number of hydrogen-bond donors (Lipinski definition) is 1. The number of carbonyl (C=O) groups is 1. The average molecular weight is 270 g/mol. The molecule has 1 N–H and O–H groups in total. The quantitative estimate of drug-likeness (QED) is 0.800. The predicted octanol–water partition coefficient (Wildman–Crippen LogP) is 3.40. The van der Waals surface area contributed by atoms with Gasteiger partial charge in [-0.2, -0.15) is 0 Å². The van der Waals surface area contributed by atoms with Crippen LogP contribution in [-0.4, -0.2) is 23.8 Å². The van der Waals surface area contributed by atoms with Crippen LogP contribution in [0.5, 0.6) is 0 Å². The molecule has 0 spiro atoms. The van der Waals surface area contributed by atoms with Gasteiger partial charge in [0.25, 0.3) is 0 Å². The lowest BCUT2D eigenvalue weighted by Gasteiger charge is -2.43. The van der Waals surface area contributed by atoms with Gasteiger partial charge in [0.05, 0.1) is 7.11 Å². The maximum Gasteiger partial charge on any atom is 0.338 e. The number of rotatable bonds is 3. The fraction of sp³-hybridized carbons (Fsp3) is 0.938. The van der Waals surface area contributed by atoms with E-state index in [0.717, 1.165) is 25.7 Å². The summed E-state index contributed by atoms with van der Waals surface area (Å²) in [5.74, 6) is 0.120. The molecule has 1 fully saturated rings. The SMILES string of the molecule is COC(=O)C(O)(C(C)C)C1CCC(C(C)(C)C)CC1. The van der Waals surface area contributed by atoms with Gasteiger partial charge in [0.2, 0.25) is 0 Å². The highest BCUT2D eigenvalue weighted by Gasteiger charge is 2.49. The lowest BCUT2D eigenvalue weighted by Crippen LogP contribution is -2.52. The summed E-state index contributed by atoms with van der Waals surface area (Å²) in [4.78, 5) is 12.0. The van der Waals surface area contributed by atoms with E-state index in [9.17, 15) is 9.90 Å². The van der Waals surface area contributed by atoms with Gasteiger partial charge in [0.1, 0.15) is 0 Å². The first kappa shape index (κ1) is 16.5. The third-order valence-corrected chi connectivity index (χ3v) is 4.97. The van der Waals surface area contributed by atoms with Crippen LogP contribution in [0, 0.1) is 23.2 Å². The Morgan fingerprint density at radius 1 is 1.11 bits per heavy atom. The summed E-state index contributed by atoms with van der Waals surface area (Å²) in [7, 11) is 1.36. The molecule has 0 saturated heterocycles. The van der Waals surface area contributed by atoms with E-state index in [-0.39, 0.29) is 11.8 Å². The van der Waals surface area contributed by atoms with Crippen LogP contribution in [0.4, 0.5) is 0 Å². The highest BCUT2D eigenvalue weighted by Crippen LogP contribution is 2.44. The number of methoxy groups -OCH3 is 1. The van der Waals surface area contributed by atoms with E-state index in [4.69, 9.17) is 4.74 Å². The Morgan fingerprint density at radius 3 is 1.84 bits per heavy atom. The summed E-state index contributed by atoms with van der Waals surface area (Å²) in [6.45, 7) is 10.6. The molecule has 1 unspecified atom stereocenters. The molecule has 1 atom stereocenters. The van der Waals surface area contributed by atoms with E-state index in [1.165, 1.54) is 7.11 Å². The van der Waals surface area contributed by atoms with E-state index in [2.05, 4.69) is 20.8 Å². The molecule has 0 heterocycles. The molecule has 0 aromatic heterocycles. The Labute approximate surface area is 117 Å². The molecule has 0 amide bonds. The lowest BCUT2D eigenvalue weighted by atomic mass is 9.64. The van der Waals surface area contributed by atoms with Gasteiger partial charge < -0.3 is 9.84 Å².